The highest BCUT2D eigenvalue weighted by Crippen LogP contribution is 2.28. The van der Waals surface area contributed by atoms with Crippen molar-refractivity contribution >= 4 is 57.6 Å². The summed E-state index contributed by atoms with van der Waals surface area (Å²) in [7, 11) is 5.47. The summed E-state index contributed by atoms with van der Waals surface area (Å²) in [5, 5.41) is 7.93. The smallest absolute Gasteiger partial charge is 0.290 e. The highest BCUT2D eigenvalue weighted by Gasteiger charge is 2.10. The van der Waals surface area contributed by atoms with Gasteiger partial charge in [-0.1, -0.05) is 29.3 Å². The van der Waals surface area contributed by atoms with Crippen LogP contribution in [0.3, 0.4) is 0 Å². The number of amides is 1. The number of hydrogen-bond donors (Lipinski definition) is 3. The highest BCUT2D eigenvalue weighted by molar-refractivity contribution is 6.42. The number of H-pyrrole nitrogens is 1. The topological polar surface area (TPSA) is 82.3 Å². The van der Waals surface area contributed by atoms with Crippen LogP contribution < -0.4 is 10.6 Å². The Morgan fingerprint density at radius 2 is 2.00 bits per heavy atom. The molecule has 0 saturated carbocycles. The standard InChI is InChI=1S/C23H25Cl2N5O2/c1-30(2)10-9-26-22-8-7-17(14-27-22)29-23(31)21(32-3)6-4-5-16-11-15-12-18(24)19(25)13-20(15)28-16/h4-8,11-14,28H,9-10H2,1-3H3,(H,26,27)(H,29,31)/b5-4+,21-6-. The second kappa shape index (κ2) is 11.0. The number of ether oxygens (including phenoxy) is 1. The van der Waals surface area contributed by atoms with E-state index in [1.807, 2.05) is 32.3 Å². The van der Waals surface area contributed by atoms with Gasteiger partial charge in [-0.25, -0.2) is 4.98 Å². The first-order valence-corrected chi connectivity index (χ1v) is 10.7. The van der Waals surface area contributed by atoms with Crippen molar-refractivity contribution in [2.24, 2.45) is 0 Å². The van der Waals surface area contributed by atoms with Crippen molar-refractivity contribution in [1.82, 2.24) is 14.9 Å². The number of aromatic amines is 1. The van der Waals surface area contributed by atoms with E-state index >= 15 is 0 Å². The van der Waals surface area contributed by atoms with Crippen LogP contribution in [0.4, 0.5) is 11.5 Å². The van der Waals surface area contributed by atoms with E-state index in [0.717, 1.165) is 35.5 Å². The number of pyridine rings is 1. The number of methoxy groups -OCH3 is 1. The molecule has 3 aromatic rings. The molecule has 3 N–H and O–H groups in total. The molecule has 0 atom stereocenters. The Morgan fingerprint density at radius 3 is 2.69 bits per heavy atom. The Morgan fingerprint density at radius 1 is 1.22 bits per heavy atom. The summed E-state index contributed by atoms with van der Waals surface area (Å²) in [5.41, 5.74) is 2.29. The summed E-state index contributed by atoms with van der Waals surface area (Å²) < 4.78 is 5.23. The number of allylic oxidation sites excluding steroid dienone is 2. The summed E-state index contributed by atoms with van der Waals surface area (Å²) >= 11 is 12.1. The molecular weight excluding hydrogens is 449 g/mol. The van der Waals surface area contributed by atoms with Crippen molar-refractivity contribution in [3.63, 3.8) is 0 Å². The second-order valence-electron chi connectivity index (χ2n) is 7.29. The van der Waals surface area contributed by atoms with Crippen LogP contribution in [0.5, 0.6) is 0 Å². The van der Waals surface area contributed by atoms with Crippen molar-refractivity contribution in [3.8, 4) is 0 Å². The fourth-order valence-electron chi connectivity index (χ4n) is 2.89. The predicted octanol–water partition coefficient (Wildman–Crippen LogP) is 5.03. The SMILES string of the molecule is CO/C(=C\C=C\c1cc2cc(Cl)c(Cl)cc2[nH]1)C(=O)Nc1ccc(NCCN(C)C)nc1. The molecule has 0 bridgehead atoms. The zero-order valence-corrected chi connectivity index (χ0v) is 19.6. The number of anilines is 2. The normalized spacial score (nSPS) is 12.0. The summed E-state index contributed by atoms with van der Waals surface area (Å²) in [6, 6.07) is 9.11. The number of nitrogens with zero attached hydrogens (tertiary/aromatic N) is 2. The van der Waals surface area contributed by atoms with Gasteiger partial charge in [-0.15, -0.1) is 0 Å². The number of fused-ring (bicyclic) bond motifs is 1. The first kappa shape index (κ1) is 23.7. The van der Waals surface area contributed by atoms with E-state index in [0.29, 0.717) is 15.7 Å². The van der Waals surface area contributed by atoms with Gasteiger partial charge >= 0.3 is 0 Å². The third-order valence-corrected chi connectivity index (χ3v) is 5.26. The third-order valence-electron chi connectivity index (χ3n) is 4.54. The second-order valence-corrected chi connectivity index (χ2v) is 8.10. The summed E-state index contributed by atoms with van der Waals surface area (Å²) in [5.74, 6) is 0.537. The molecule has 2 aromatic heterocycles. The van der Waals surface area contributed by atoms with E-state index in [1.165, 1.54) is 7.11 Å². The molecule has 0 fully saturated rings. The lowest BCUT2D eigenvalue weighted by molar-refractivity contribution is -0.115. The number of aromatic nitrogens is 2. The lowest BCUT2D eigenvalue weighted by Gasteiger charge is -2.11. The van der Waals surface area contributed by atoms with Gasteiger partial charge in [-0.05, 0) is 56.6 Å². The lowest BCUT2D eigenvalue weighted by Crippen LogP contribution is -2.21. The van der Waals surface area contributed by atoms with Crippen LogP contribution in [-0.2, 0) is 9.53 Å². The number of benzene rings is 1. The summed E-state index contributed by atoms with van der Waals surface area (Å²) in [6.45, 7) is 1.68. The van der Waals surface area contributed by atoms with Gasteiger partial charge in [0.15, 0.2) is 5.76 Å². The first-order valence-electron chi connectivity index (χ1n) is 9.92. The quantitative estimate of drug-likeness (QED) is 0.230. The minimum Gasteiger partial charge on any atom is -0.491 e. The van der Waals surface area contributed by atoms with Gasteiger partial charge in [0, 0.05) is 29.7 Å². The van der Waals surface area contributed by atoms with Crippen LogP contribution in [-0.4, -0.2) is 55.1 Å². The maximum atomic E-state index is 12.5. The fourth-order valence-corrected chi connectivity index (χ4v) is 3.22. The van der Waals surface area contributed by atoms with Gasteiger partial charge in [0.25, 0.3) is 5.91 Å². The van der Waals surface area contributed by atoms with Gasteiger partial charge in [-0.3, -0.25) is 4.79 Å². The number of carbonyl (C=O) groups excluding carboxylic acids is 1. The average molecular weight is 474 g/mol. The van der Waals surface area contributed by atoms with Crippen LogP contribution in [0.1, 0.15) is 5.69 Å². The molecule has 2 heterocycles. The van der Waals surface area contributed by atoms with E-state index in [9.17, 15) is 4.79 Å². The van der Waals surface area contributed by atoms with Crippen LogP contribution in [0.15, 0.2) is 54.4 Å². The Balaban J connectivity index is 1.61. The van der Waals surface area contributed by atoms with Crippen molar-refractivity contribution in [1.29, 1.82) is 0 Å². The van der Waals surface area contributed by atoms with Crippen molar-refractivity contribution in [2.45, 2.75) is 0 Å². The van der Waals surface area contributed by atoms with E-state index in [1.54, 1.807) is 36.5 Å². The number of carbonyl (C=O) groups is 1. The summed E-state index contributed by atoms with van der Waals surface area (Å²) in [4.78, 5) is 22.1. The van der Waals surface area contributed by atoms with Crippen molar-refractivity contribution in [3.05, 3.63) is 70.2 Å². The molecule has 168 valence electrons. The Labute approximate surface area is 197 Å². The monoisotopic (exact) mass is 473 g/mol. The van der Waals surface area contributed by atoms with Crippen LogP contribution in [0, 0.1) is 0 Å². The molecule has 0 aliphatic carbocycles. The Bertz CT molecular complexity index is 1100. The van der Waals surface area contributed by atoms with Crippen LogP contribution >= 0.6 is 23.2 Å². The van der Waals surface area contributed by atoms with Crippen molar-refractivity contribution in [2.75, 3.05) is 44.9 Å². The number of nitrogens with one attached hydrogen (secondary N) is 3. The third kappa shape index (κ3) is 6.50. The van der Waals surface area contributed by atoms with E-state index in [-0.39, 0.29) is 11.7 Å². The number of hydrogen-bond acceptors (Lipinski definition) is 5. The zero-order valence-electron chi connectivity index (χ0n) is 18.1. The molecule has 1 aromatic carbocycles. The molecule has 0 saturated heterocycles. The minimum absolute atomic E-state index is 0.164. The minimum atomic E-state index is -0.373. The zero-order chi connectivity index (χ0) is 23.1. The Kier molecular flexibility index (Phi) is 8.16. The number of likely N-dealkylation sites (N-methyl/N-ethyl adjacent to an activating group) is 1. The van der Waals surface area contributed by atoms with Gasteiger partial charge in [0.1, 0.15) is 5.82 Å². The van der Waals surface area contributed by atoms with Gasteiger partial charge < -0.3 is 25.3 Å². The molecule has 0 spiro atoms. The molecule has 32 heavy (non-hydrogen) atoms. The first-order chi connectivity index (χ1) is 15.4. The van der Waals surface area contributed by atoms with Crippen LogP contribution in [0.2, 0.25) is 10.0 Å². The maximum absolute atomic E-state index is 12.5. The van der Waals surface area contributed by atoms with E-state index < -0.39 is 0 Å². The molecule has 0 unspecified atom stereocenters. The average Bonchev–Trinajstić information content (AvgIpc) is 3.13. The molecule has 0 radical (unpaired) electrons. The van der Waals surface area contributed by atoms with E-state index in [4.69, 9.17) is 27.9 Å². The van der Waals surface area contributed by atoms with Crippen molar-refractivity contribution < 1.29 is 9.53 Å². The van der Waals surface area contributed by atoms with E-state index in [2.05, 4.69) is 25.5 Å². The fraction of sp³-hybridized carbons (Fsp3) is 0.217. The molecule has 7 nitrogen and oxygen atoms in total. The molecule has 0 aliphatic heterocycles. The van der Waals surface area contributed by atoms with Gasteiger partial charge in [0.05, 0.1) is 29.0 Å². The largest absolute Gasteiger partial charge is 0.491 e. The lowest BCUT2D eigenvalue weighted by atomic mass is 10.2. The summed E-state index contributed by atoms with van der Waals surface area (Å²) in [6.07, 6.45) is 6.73. The number of rotatable bonds is 9. The van der Waals surface area contributed by atoms with Crippen LogP contribution in [0.25, 0.3) is 17.0 Å². The Hall–Kier alpha value is -3.00. The van der Waals surface area contributed by atoms with Gasteiger partial charge in [0.2, 0.25) is 0 Å². The molecule has 9 heteroatoms. The molecular formula is C23H25Cl2N5O2. The molecule has 1 amide bonds. The maximum Gasteiger partial charge on any atom is 0.290 e. The predicted molar refractivity (Wildman–Crippen MR) is 132 cm³/mol. The van der Waals surface area contributed by atoms with Gasteiger partial charge in [-0.2, -0.15) is 0 Å². The number of halogens is 2. The highest BCUT2D eigenvalue weighted by atomic mass is 35.5. The molecule has 0 aliphatic rings. The molecule has 3 rings (SSSR count).